The number of alkyl halides is 3. The molecule has 1 atom stereocenters. The number of carbonyl (C=O) groups excluding carboxylic acids is 1. The van der Waals surface area contributed by atoms with Crippen LogP contribution in [0, 0.1) is 0 Å². The minimum absolute atomic E-state index is 0.173. The van der Waals surface area contributed by atoms with E-state index in [1.54, 1.807) is 11.0 Å². The van der Waals surface area contributed by atoms with Gasteiger partial charge in [0.2, 0.25) is 0 Å². The number of benzene rings is 1. The van der Waals surface area contributed by atoms with Crippen LogP contribution in [0.25, 0.3) is 0 Å². The zero-order chi connectivity index (χ0) is 21.3. The molecule has 30 heavy (non-hydrogen) atoms. The van der Waals surface area contributed by atoms with Gasteiger partial charge < -0.3 is 14.2 Å². The van der Waals surface area contributed by atoms with Crippen molar-refractivity contribution in [1.82, 2.24) is 9.80 Å². The van der Waals surface area contributed by atoms with E-state index < -0.39 is 12.7 Å². The van der Waals surface area contributed by atoms with Gasteiger partial charge in [0.05, 0.1) is 24.9 Å². The molecule has 0 aliphatic carbocycles. The summed E-state index contributed by atoms with van der Waals surface area (Å²) in [5.41, 5.74) is 2.93. The number of nitrogens with zero attached hydrogens (tertiary/aromatic N) is 3. The average molecular weight is 421 g/mol. The van der Waals surface area contributed by atoms with Gasteiger partial charge in [-0.3, -0.25) is 9.69 Å². The Bertz CT molecular complexity index is 896. The lowest BCUT2D eigenvalue weighted by Gasteiger charge is -2.25. The molecule has 1 aromatic carbocycles. The number of anilines is 1. The Balaban J connectivity index is 1.45. The Morgan fingerprint density at radius 3 is 2.73 bits per heavy atom. The van der Waals surface area contributed by atoms with Crippen molar-refractivity contribution in [2.75, 3.05) is 37.6 Å². The van der Waals surface area contributed by atoms with Crippen LogP contribution in [-0.4, -0.2) is 60.6 Å². The number of halogens is 3. The van der Waals surface area contributed by atoms with Gasteiger partial charge in [-0.05, 0) is 37.5 Å². The van der Waals surface area contributed by atoms with Crippen LogP contribution in [0.3, 0.4) is 0 Å². The molecule has 0 spiro atoms. The van der Waals surface area contributed by atoms with E-state index in [4.69, 9.17) is 4.42 Å². The lowest BCUT2D eigenvalue weighted by Crippen LogP contribution is -2.38. The summed E-state index contributed by atoms with van der Waals surface area (Å²) in [6.45, 7) is 2.98. The third-order valence-corrected chi connectivity index (χ3v) is 5.92. The van der Waals surface area contributed by atoms with E-state index in [0.29, 0.717) is 43.4 Å². The first kappa shape index (κ1) is 20.8. The van der Waals surface area contributed by atoms with Gasteiger partial charge in [-0.15, -0.1) is 0 Å². The third kappa shape index (κ3) is 4.48. The molecule has 3 heterocycles. The fourth-order valence-electron chi connectivity index (χ4n) is 4.43. The van der Waals surface area contributed by atoms with Crippen molar-refractivity contribution >= 4 is 11.6 Å². The van der Waals surface area contributed by atoms with Gasteiger partial charge in [0.1, 0.15) is 5.76 Å². The Morgan fingerprint density at radius 2 is 1.93 bits per heavy atom. The smallest absolute Gasteiger partial charge is 0.401 e. The molecule has 1 saturated heterocycles. The summed E-state index contributed by atoms with van der Waals surface area (Å²) in [5.74, 6) is 0.424. The molecule has 162 valence electrons. The molecule has 2 aliphatic heterocycles. The van der Waals surface area contributed by atoms with Crippen molar-refractivity contribution < 1.29 is 22.4 Å². The Morgan fingerprint density at radius 1 is 1.13 bits per heavy atom. The van der Waals surface area contributed by atoms with E-state index in [0.717, 1.165) is 12.1 Å². The number of furan rings is 1. The average Bonchev–Trinajstić information content (AvgIpc) is 3.19. The number of hydrogen-bond donors (Lipinski definition) is 0. The fraction of sp³-hybridized carbons (Fsp3) is 0.500. The predicted molar refractivity (Wildman–Crippen MR) is 108 cm³/mol. The first-order chi connectivity index (χ1) is 14.3. The monoisotopic (exact) mass is 421 g/mol. The van der Waals surface area contributed by atoms with Crippen LogP contribution in [0.2, 0.25) is 0 Å². The summed E-state index contributed by atoms with van der Waals surface area (Å²) in [6, 6.07) is 10.2. The molecule has 5 nitrogen and oxygen atoms in total. The van der Waals surface area contributed by atoms with Crippen molar-refractivity contribution in [2.45, 2.75) is 38.5 Å². The van der Waals surface area contributed by atoms with Crippen LogP contribution in [0.15, 0.2) is 41.0 Å². The van der Waals surface area contributed by atoms with E-state index in [1.807, 2.05) is 12.1 Å². The van der Waals surface area contributed by atoms with Gasteiger partial charge in [-0.25, -0.2) is 0 Å². The second kappa shape index (κ2) is 8.34. The molecule has 0 N–H and O–H groups in total. The zero-order valence-corrected chi connectivity index (χ0v) is 17.0. The quantitative estimate of drug-likeness (QED) is 0.750. The van der Waals surface area contributed by atoms with E-state index in [-0.39, 0.29) is 19.0 Å². The number of rotatable bonds is 4. The number of fused-ring (bicyclic) bond motifs is 1. The molecule has 1 amide bonds. The number of para-hydroxylation sites is 1. The van der Waals surface area contributed by atoms with Gasteiger partial charge in [0.15, 0.2) is 0 Å². The van der Waals surface area contributed by atoms with Gasteiger partial charge >= 0.3 is 6.18 Å². The lowest BCUT2D eigenvalue weighted by atomic mass is 10.1. The number of amides is 1. The highest BCUT2D eigenvalue weighted by Gasteiger charge is 2.33. The Hall–Kier alpha value is -2.48. The largest absolute Gasteiger partial charge is 0.467 e. The van der Waals surface area contributed by atoms with Crippen LogP contribution in [0.1, 0.15) is 35.0 Å². The van der Waals surface area contributed by atoms with Crippen molar-refractivity contribution in [1.29, 1.82) is 0 Å². The second-order valence-corrected chi connectivity index (χ2v) is 8.10. The van der Waals surface area contributed by atoms with Crippen LogP contribution in [0.5, 0.6) is 0 Å². The van der Waals surface area contributed by atoms with Crippen molar-refractivity contribution in [3.63, 3.8) is 0 Å². The molecule has 4 rings (SSSR count). The van der Waals surface area contributed by atoms with E-state index in [9.17, 15) is 18.0 Å². The highest BCUT2D eigenvalue weighted by molar-refractivity contribution is 5.95. The minimum atomic E-state index is -4.22. The Labute approximate surface area is 174 Å². The van der Waals surface area contributed by atoms with Crippen molar-refractivity contribution in [3.8, 4) is 0 Å². The van der Waals surface area contributed by atoms with Crippen LogP contribution < -0.4 is 4.90 Å². The molecule has 2 aromatic rings. The SMILES string of the molecule is CC1Cc2ccccc2N1Cc1occc1C(=O)N1CCCN(CC(F)(F)F)CC1. The summed E-state index contributed by atoms with van der Waals surface area (Å²) < 4.78 is 43.8. The van der Waals surface area contributed by atoms with Gasteiger partial charge in [0.25, 0.3) is 5.91 Å². The van der Waals surface area contributed by atoms with E-state index in [2.05, 4.69) is 24.0 Å². The van der Waals surface area contributed by atoms with Gasteiger partial charge in [-0.1, -0.05) is 18.2 Å². The molecule has 0 radical (unpaired) electrons. The summed E-state index contributed by atoms with van der Waals surface area (Å²) in [5, 5.41) is 0. The first-order valence-electron chi connectivity index (χ1n) is 10.3. The molecule has 1 aromatic heterocycles. The zero-order valence-electron chi connectivity index (χ0n) is 17.0. The summed E-state index contributed by atoms with van der Waals surface area (Å²) in [7, 11) is 0. The standard InChI is InChI=1S/C22H26F3N3O2/c1-16-13-17-5-2-3-6-19(17)28(16)14-20-18(7-12-30-20)21(29)27-9-4-8-26(10-11-27)15-22(23,24)25/h2-3,5-7,12,16H,4,8-11,13-15H2,1H3. The minimum Gasteiger partial charge on any atom is -0.467 e. The van der Waals surface area contributed by atoms with Gasteiger partial charge in [0, 0.05) is 37.9 Å². The maximum absolute atomic E-state index is 13.1. The molecule has 0 saturated carbocycles. The van der Waals surface area contributed by atoms with E-state index >= 15 is 0 Å². The third-order valence-electron chi connectivity index (χ3n) is 5.92. The first-order valence-corrected chi connectivity index (χ1v) is 10.3. The molecule has 2 aliphatic rings. The van der Waals surface area contributed by atoms with Crippen molar-refractivity contribution in [3.05, 3.63) is 53.5 Å². The van der Waals surface area contributed by atoms with Crippen LogP contribution >= 0.6 is 0 Å². The molecule has 8 heteroatoms. The fourth-order valence-corrected chi connectivity index (χ4v) is 4.43. The Kier molecular flexibility index (Phi) is 5.77. The highest BCUT2D eigenvalue weighted by Crippen LogP contribution is 2.33. The summed E-state index contributed by atoms with van der Waals surface area (Å²) >= 11 is 0. The molecular formula is C22H26F3N3O2. The van der Waals surface area contributed by atoms with Crippen molar-refractivity contribution in [2.24, 2.45) is 0 Å². The number of carbonyl (C=O) groups is 1. The second-order valence-electron chi connectivity index (χ2n) is 8.10. The molecular weight excluding hydrogens is 395 g/mol. The maximum atomic E-state index is 13.1. The summed E-state index contributed by atoms with van der Waals surface area (Å²) in [6.07, 6.45) is -1.24. The van der Waals surface area contributed by atoms with Gasteiger partial charge in [-0.2, -0.15) is 13.2 Å². The number of hydrogen-bond acceptors (Lipinski definition) is 4. The normalized spacial score (nSPS) is 20.3. The maximum Gasteiger partial charge on any atom is 0.401 e. The molecule has 1 unspecified atom stereocenters. The lowest BCUT2D eigenvalue weighted by molar-refractivity contribution is -0.145. The topological polar surface area (TPSA) is 39.9 Å². The van der Waals surface area contributed by atoms with Crippen LogP contribution in [-0.2, 0) is 13.0 Å². The van der Waals surface area contributed by atoms with E-state index in [1.165, 1.54) is 16.7 Å². The predicted octanol–water partition coefficient (Wildman–Crippen LogP) is 3.94. The highest BCUT2D eigenvalue weighted by atomic mass is 19.4. The van der Waals surface area contributed by atoms with Crippen LogP contribution in [0.4, 0.5) is 18.9 Å². The molecule has 0 bridgehead atoms. The molecule has 1 fully saturated rings. The summed E-state index contributed by atoms with van der Waals surface area (Å²) in [4.78, 5) is 18.4.